The number of halogens is 1. The summed E-state index contributed by atoms with van der Waals surface area (Å²) in [4.78, 5) is 4.72. The summed E-state index contributed by atoms with van der Waals surface area (Å²) in [6.07, 6.45) is 12.2. The van der Waals surface area contributed by atoms with Gasteiger partial charge in [0.05, 0.1) is 32.4 Å². The second-order valence-electron chi connectivity index (χ2n) is 10.8. The Kier molecular flexibility index (Phi) is 9.85. The average Bonchev–Trinajstić information content (AvgIpc) is 3.41. The Morgan fingerprint density at radius 3 is 2.24 bits per heavy atom. The Balaban J connectivity index is 0.00000320. The minimum absolute atomic E-state index is 0. The van der Waals surface area contributed by atoms with Crippen molar-refractivity contribution in [1.29, 1.82) is 0 Å². The van der Waals surface area contributed by atoms with Crippen LogP contribution in [0.15, 0.2) is 71.3 Å². The minimum Gasteiger partial charge on any atom is -1.00 e. The summed E-state index contributed by atoms with van der Waals surface area (Å²) >= 11 is 0. The Hall–Kier alpha value is -2.15. The van der Waals surface area contributed by atoms with Gasteiger partial charge in [-0.15, -0.1) is 0 Å². The summed E-state index contributed by atoms with van der Waals surface area (Å²) < 4.78 is 13.4. The Bertz CT molecular complexity index is 1060. The van der Waals surface area contributed by atoms with Crippen molar-refractivity contribution in [2.24, 2.45) is 5.92 Å². The number of aromatic nitrogens is 1. The lowest BCUT2D eigenvalue weighted by Gasteiger charge is -2.41. The summed E-state index contributed by atoms with van der Waals surface area (Å²) in [6, 6.07) is 20.1. The van der Waals surface area contributed by atoms with Crippen LogP contribution in [0.5, 0.6) is 5.75 Å². The van der Waals surface area contributed by atoms with Crippen LogP contribution in [0.3, 0.4) is 0 Å². The van der Waals surface area contributed by atoms with Crippen molar-refractivity contribution in [1.82, 2.24) is 4.98 Å². The van der Waals surface area contributed by atoms with E-state index in [0.29, 0.717) is 5.89 Å². The van der Waals surface area contributed by atoms with Gasteiger partial charge in [0.25, 0.3) is 0 Å². The van der Waals surface area contributed by atoms with E-state index >= 15 is 0 Å². The lowest BCUT2D eigenvalue weighted by Crippen LogP contribution is -3.00. The largest absolute Gasteiger partial charge is 1.00 e. The number of quaternary nitrogens is 1. The monoisotopic (exact) mass is 568 g/mol. The summed E-state index contributed by atoms with van der Waals surface area (Å²) in [6.45, 7) is 4.93. The van der Waals surface area contributed by atoms with Crippen LogP contribution >= 0.6 is 0 Å². The molecule has 3 aromatic rings. The molecule has 0 radical (unpaired) electrons. The third-order valence-electron chi connectivity index (χ3n) is 8.33. The molecule has 37 heavy (non-hydrogen) atoms. The summed E-state index contributed by atoms with van der Waals surface area (Å²) in [7, 11) is 0. The van der Waals surface area contributed by atoms with Crippen LogP contribution in [0.1, 0.15) is 75.0 Å². The maximum atomic E-state index is 12.2. The quantitative estimate of drug-likeness (QED) is 0.300. The fourth-order valence-corrected chi connectivity index (χ4v) is 6.38. The molecule has 1 aliphatic carbocycles. The van der Waals surface area contributed by atoms with Crippen molar-refractivity contribution >= 4 is 0 Å². The topological polar surface area (TPSA) is 55.5 Å². The van der Waals surface area contributed by atoms with Crippen LogP contribution in [0, 0.1) is 5.92 Å². The molecule has 0 bridgehead atoms. The van der Waals surface area contributed by atoms with Crippen molar-refractivity contribution in [3.63, 3.8) is 0 Å². The molecule has 0 unspecified atom stereocenters. The van der Waals surface area contributed by atoms with Crippen molar-refractivity contribution in [3.05, 3.63) is 84.1 Å². The van der Waals surface area contributed by atoms with Crippen LogP contribution in [0.4, 0.5) is 0 Å². The van der Waals surface area contributed by atoms with Crippen LogP contribution in [-0.2, 0) is 12.1 Å². The van der Waals surface area contributed by atoms with Crippen LogP contribution < -0.4 is 21.7 Å². The maximum absolute atomic E-state index is 12.2. The van der Waals surface area contributed by atoms with Gasteiger partial charge in [-0.3, -0.25) is 0 Å². The Morgan fingerprint density at radius 2 is 1.54 bits per heavy atom. The molecule has 1 N–H and O–H groups in total. The standard InChI is InChI=1S/C31H41N2O3.BrH/c34-31(26-14-5-1-6-15-26,27-16-7-2-8-17-27)30-32-24-29(36-30)25-33(20-11-4-12-21-33)22-13-23-35-28-18-9-3-10-19-28;/h1,3,5-6,9-10,14-15,18-19,24,27,34H,2,4,7-8,11-13,16-17,20-23,25H2;1H/q+1;/p-1/t31-;/m1./s1. The second kappa shape index (κ2) is 13.1. The molecular formula is C31H41BrN2O3. The first kappa shape index (κ1) is 27.9. The van der Waals surface area contributed by atoms with Gasteiger partial charge >= 0.3 is 0 Å². The predicted molar refractivity (Wildman–Crippen MR) is 141 cm³/mol. The SMILES string of the molecule is O[C@@](c1ccccc1)(c1ncc(C[N+]2(CCCOc3ccccc3)CCCCC2)o1)C1CCCCC1.[Br-]. The molecule has 2 heterocycles. The zero-order valence-electron chi connectivity index (χ0n) is 21.9. The van der Waals surface area contributed by atoms with Gasteiger partial charge in [0.2, 0.25) is 5.89 Å². The molecule has 1 saturated carbocycles. The van der Waals surface area contributed by atoms with E-state index in [-0.39, 0.29) is 22.9 Å². The second-order valence-corrected chi connectivity index (χ2v) is 10.8. The lowest BCUT2D eigenvalue weighted by atomic mass is 9.73. The van der Waals surface area contributed by atoms with E-state index in [2.05, 4.69) is 0 Å². The molecular weight excluding hydrogens is 528 g/mol. The zero-order chi connectivity index (χ0) is 24.7. The third-order valence-corrected chi connectivity index (χ3v) is 8.33. The van der Waals surface area contributed by atoms with E-state index < -0.39 is 5.60 Å². The van der Waals surface area contributed by atoms with Gasteiger partial charge in [0.1, 0.15) is 12.3 Å². The first-order valence-electron chi connectivity index (χ1n) is 13.9. The van der Waals surface area contributed by atoms with Gasteiger partial charge in [-0.25, -0.2) is 4.98 Å². The predicted octanol–water partition coefficient (Wildman–Crippen LogP) is 3.46. The number of piperidine rings is 1. The molecule has 0 amide bonds. The van der Waals surface area contributed by atoms with Crippen LogP contribution in [0.25, 0.3) is 0 Å². The van der Waals surface area contributed by atoms with Gasteiger partial charge in [-0.05, 0) is 49.8 Å². The molecule has 5 rings (SSSR count). The minimum atomic E-state index is -1.17. The number of para-hydroxylation sites is 1. The zero-order valence-corrected chi connectivity index (χ0v) is 23.4. The highest BCUT2D eigenvalue weighted by molar-refractivity contribution is 5.30. The molecule has 2 fully saturated rings. The van der Waals surface area contributed by atoms with E-state index in [9.17, 15) is 5.11 Å². The average molecular weight is 570 g/mol. The first-order chi connectivity index (χ1) is 17.7. The molecule has 1 aliphatic heterocycles. The van der Waals surface area contributed by atoms with Gasteiger partial charge in [-0.2, -0.15) is 0 Å². The highest BCUT2D eigenvalue weighted by Crippen LogP contribution is 2.43. The number of oxazole rings is 1. The highest BCUT2D eigenvalue weighted by Gasteiger charge is 2.45. The number of likely N-dealkylation sites (tertiary alicyclic amines) is 1. The molecule has 5 nitrogen and oxygen atoms in total. The molecule has 2 aromatic carbocycles. The smallest absolute Gasteiger partial charge is 0.231 e. The van der Waals surface area contributed by atoms with Gasteiger partial charge in [0, 0.05) is 12.3 Å². The maximum Gasteiger partial charge on any atom is 0.231 e. The van der Waals surface area contributed by atoms with E-state index in [1.54, 1.807) is 0 Å². The summed E-state index contributed by atoms with van der Waals surface area (Å²) in [5.74, 6) is 2.43. The molecule has 1 aromatic heterocycles. The number of hydrogen-bond donors (Lipinski definition) is 1. The number of aliphatic hydroxyl groups is 1. The van der Waals surface area contributed by atoms with Crippen molar-refractivity contribution in [2.75, 3.05) is 26.2 Å². The Morgan fingerprint density at radius 1 is 0.892 bits per heavy atom. The molecule has 6 heteroatoms. The van der Waals surface area contributed by atoms with Crippen molar-refractivity contribution < 1.29 is 35.7 Å². The van der Waals surface area contributed by atoms with E-state index in [4.69, 9.17) is 14.1 Å². The van der Waals surface area contributed by atoms with E-state index in [0.717, 1.165) is 86.4 Å². The molecule has 200 valence electrons. The highest BCUT2D eigenvalue weighted by atomic mass is 79.9. The summed E-state index contributed by atoms with van der Waals surface area (Å²) in [5, 5.41) is 12.2. The first-order valence-corrected chi connectivity index (χ1v) is 13.9. The fraction of sp³-hybridized carbons (Fsp3) is 0.516. The molecule has 1 atom stereocenters. The van der Waals surface area contributed by atoms with Crippen molar-refractivity contribution in [2.45, 2.75) is 69.9 Å². The van der Waals surface area contributed by atoms with Gasteiger partial charge in [0.15, 0.2) is 11.4 Å². The van der Waals surface area contributed by atoms with E-state index in [1.165, 1.54) is 25.7 Å². The van der Waals surface area contributed by atoms with E-state index in [1.807, 2.05) is 66.9 Å². The molecule has 0 spiro atoms. The number of nitrogens with zero attached hydrogens (tertiary/aromatic N) is 2. The van der Waals surface area contributed by atoms with Crippen LogP contribution in [-0.4, -0.2) is 40.8 Å². The number of hydrogen-bond acceptors (Lipinski definition) is 4. The van der Waals surface area contributed by atoms with Gasteiger partial charge < -0.3 is 35.7 Å². The van der Waals surface area contributed by atoms with Crippen molar-refractivity contribution in [3.8, 4) is 5.75 Å². The number of benzene rings is 2. The lowest BCUT2D eigenvalue weighted by molar-refractivity contribution is -0.946. The normalized spacial score (nSPS) is 19.5. The number of rotatable bonds is 10. The van der Waals surface area contributed by atoms with Gasteiger partial charge in [-0.1, -0.05) is 67.8 Å². The number of ether oxygens (including phenoxy) is 1. The summed E-state index contributed by atoms with van der Waals surface area (Å²) in [5.41, 5.74) is -0.277. The molecule has 2 aliphatic rings. The molecule has 1 saturated heterocycles. The fourth-order valence-electron chi connectivity index (χ4n) is 6.38. The third kappa shape index (κ3) is 6.65. The Labute approximate surface area is 232 Å². The van der Waals surface area contributed by atoms with Crippen LogP contribution in [0.2, 0.25) is 0 Å².